The molecule has 0 aliphatic carbocycles. The van der Waals surface area contributed by atoms with E-state index < -0.39 is 0 Å². The zero-order valence-corrected chi connectivity index (χ0v) is 11.6. The van der Waals surface area contributed by atoms with E-state index >= 15 is 0 Å². The van der Waals surface area contributed by atoms with Crippen LogP contribution in [0.3, 0.4) is 0 Å². The number of nitrogens with zero attached hydrogens (tertiary/aromatic N) is 1. The fraction of sp³-hybridized carbons (Fsp3) is 0.538. The second-order valence-corrected chi connectivity index (χ2v) is 5.36. The first-order valence-corrected chi connectivity index (χ1v) is 6.90. The molecule has 0 saturated carbocycles. The van der Waals surface area contributed by atoms with E-state index in [4.69, 9.17) is 0 Å². The van der Waals surface area contributed by atoms with Crippen LogP contribution in [-0.2, 0) is 0 Å². The Kier molecular flexibility index (Phi) is 4.40. The standard InChI is InChI=1S/C13H18BrFN2/c1-2-16-8-10-5-6-17(9-10)11-3-4-12(14)13(15)7-11/h3-4,7,10,16H,2,5-6,8-9H2,1H3. The quantitative estimate of drug-likeness (QED) is 0.919. The fourth-order valence-electron chi connectivity index (χ4n) is 2.26. The van der Waals surface area contributed by atoms with E-state index in [1.165, 1.54) is 6.42 Å². The van der Waals surface area contributed by atoms with E-state index in [2.05, 4.69) is 33.1 Å². The summed E-state index contributed by atoms with van der Waals surface area (Å²) in [5.41, 5.74) is 0.990. The molecule has 0 bridgehead atoms. The van der Waals surface area contributed by atoms with Crippen molar-refractivity contribution in [2.24, 2.45) is 5.92 Å². The molecule has 17 heavy (non-hydrogen) atoms. The Bertz CT molecular complexity index is 384. The number of nitrogens with one attached hydrogen (secondary N) is 1. The maximum atomic E-state index is 13.4. The molecule has 1 N–H and O–H groups in total. The summed E-state index contributed by atoms with van der Waals surface area (Å²) in [5.74, 6) is 0.499. The van der Waals surface area contributed by atoms with Crippen molar-refractivity contribution in [2.45, 2.75) is 13.3 Å². The molecule has 0 radical (unpaired) electrons. The van der Waals surface area contributed by atoms with E-state index in [1.54, 1.807) is 12.1 Å². The highest BCUT2D eigenvalue weighted by Crippen LogP contribution is 2.26. The topological polar surface area (TPSA) is 15.3 Å². The van der Waals surface area contributed by atoms with Crippen LogP contribution in [0.1, 0.15) is 13.3 Å². The van der Waals surface area contributed by atoms with Crippen LogP contribution in [0.2, 0.25) is 0 Å². The van der Waals surface area contributed by atoms with Crippen molar-refractivity contribution in [3.63, 3.8) is 0 Å². The first-order valence-electron chi connectivity index (χ1n) is 6.11. The van der Waals surface area contributed by atoms with Gasteiger partial charge in [-0.1, -0.05) is 6.92 Å². The number of rotatable bonds is 4. The van der Waals surface area contributed by atoms with Crippen molar-refractivity contribution < 1.29 is 4.39 Å². The third-order valence-corrected chi connectivity index (χ3v) is 3.88. The van der Waals surface area contributed by atoms with Crippen molar-refractivity contribution in [1.82, 2.24) is 5.32 Å². The zero-order chi connectivity index (χ0) is 12.3. The summed E-state index contributed by atoms with van der Waals surface area (Å²) in [6, 6.07) is 5.37. The molecule has 0 amide bonds. The average Bonchev–Trinajstić information content (AvgIpc) is 2.79. The summed E-state index contributed by atoms with van der Waals surface area (Å²) in [6.45, 7) is 6.25. The number of hydrogen-bond donors (Lipinski definition) is 1. The second kappa shape index (κ2) is 5.83. The van der Waals surface area contributed by atoms with Gasteiger partial charge in [0.1, 0.15) is 5.82 Å². The van der Waals surface area contributed by atoms with Crippen molar-refractivity contribution >= 4 is 21.6 Å². The Morgan fingerprint density at radius 2 is 2.35 bits per heavy atom. The summed E-state index contributed by atoms with van der Waals surface area (Å²) in [7, 11) is 0. The van der Waals surface area contributed by atoms with E-state index in [-0.39, 0.29) is 5.82 Å². The third-order valence-electron chi connectivity index (χ3n) is 3.24. The van der Waals surface area contributed by atoms with E-state index in [0.29, 0.717) is 10.4 Å². The maximum Gasteiger partial charge on any atom is 0.139 e. The molecule has 2 nitrogen and oxygen atoms in total. The summed E-state index contributed by atoms with van der Waals surface area (Å²) in [5, 5.41) is 3.37. The average molecular weight is 301 g/mol. The van der Waals surface area contributed by atoms with Gasteiger partial charge in [-0.15, -0.1) is 0 Å². The Hall–Kier alpha value is -0.610. The van der Waals surface area contributed by atoms with Gasteiger partial charge >= 0.3 is 0 Å². The number of anilines is 1. The first kappa shape index (κ1) is 12.8. The third kappa shape index (κ3) is 3.19. The summed E-state index contributed by atoms with van der Waals surface area (Å²) in [4.78, 5) is 2.26. The molecule has 1 aliphatic rings. The summed E-state index contributed by atoms with van der Waals surface area (Å²) >= 11 is 3.18. The van der Waals surface area contributed by atoms with Gasteiger partial charge < -0.3 is 10.2 Å². The molecule has 1 fully saturated rings. The Labute approximate surface area is 110 Å². The molecule has 1 aliphatic heterocycles. The zero-order valence-electron chi connectivity index (χ0n) is 10.0. The highest BCUT2D eigenvalue weighted by atomic mass is 79.9. The fourth-order valence-corrected chi connectivity index (χ4v) is 2.51. The van der Waals surface area contributed by atoms with Crippen LogP contribution in [-0.4, -0.2) is 26.2 Å². The molecule has 1 atom stereocenters. The molecular weight excluding hydrogens is 283 g/mol. The predicted octanol–water partition coefficient (Wildman–Crippen LogP) is 3.02. The van der Waals surface area contributed by atoms with Crippen LogP contribution in [0.4, 0.5) is 10.1 Å². The van der Waals surface area contributed by atoms with Crippen LogP contribution in [0.15, 0.2) is 22.7 Å². The predicted molar refractivity (Wildman–Crippen MR) is 73.0 cm³/mol. The SMILES string of the molecule is CCNCC1CCN(c2ccc(Br)c(F)c2)C1. The molecule has 4 heteroatoms. The number of hydrogen-bond acceptors (Lipinski definition) is 2. The monoisotopic (exact) mass is 300 g/mol. The highest BCUT2D eigenvalue weighted by Gasteiger charge is 2.22. The van der Waals surface area contributed by atoms with Crippen molar-refractivity contribution in [2.75, 3.05) is 31.1 Å². The van der Waals surface area contributed by atoms with Crippen LogP contribution in [0, 0.1) is 11.7 Å². The molecule has 0 aromatic heterocycles. The molecule has 1 unspecified atom stereocenters. The number of benzene rings is 1. The second-order valence-electron chi connectivity index (χ2n) is 4.51. The highest BCUT2D eigenvalue weighted by molar-refractivity contribution is 9.10. The van der Waals surface area contributed by atoms with Crippen molar-refractivity contribution in [3.8, 4) is 0 Å². The lowest BCUT2D eigenvalue weighted by molar-refractivity contribution is 0.527. The molecule has 1 heterocycles. The van der Waals surface area contributed by atoms with Crippen LogP contribution < -0.4 is 10.2 Å². The normalized spacial score (nSPS) is 19.9. The van der Waals surface area contributed by atoms with Crippen molar-refractivity contribution in [3.05, 3.63) is 28.5 Å². The van der Waals surface area contributed by atoms with Crippen LogP contribution >= 0.6 is 15.9 Å². The van der Waals surface area contributed by atoms with Gasteiger partial charge in [-0.05, 0) is 59.6 Å². The Morgan fingerprint density at radius 3 is 3.06 bits per heavy atom. The molecule has 0 spiro atoms. The lowest BCUT2D eigenvalue weighted by Gasteiger charge is -2.19. The molecule has 1 aromatic carbocycles. The summed E-state index contributed by atoms with van der Waals surface area (Å²) < 4.78 is 14.0. The Morgan fingerprint density at radius 1 is 1.53 bits per heavy atom. The van der Waals surface area contributed by atoms with Gasteiger partial charge in [-0.2, -0.15) is 0 Å². The number of halogens is 2. The van der Waals surface area contributed by atoms with E-state index in [9.17, 15) is 4.39 Å². The van der Waals surface area contributed by atoms with Gasteiger partial charge in [0.2, 0.25) is 0 Å². The maximum absolute atomic E-state index is 13.4. The van der Waals surface area contributed by atoms with Gasteiger partial charge in [0.25, 0.3) is 0 Å². The minimum absolute atomic E-state index is 0.183. The van der Waals surface area contributed by atoms with Gasteiger partial charge in [0.15, 0.2) is 0 Å². The molecule has 2 rings (SSSR count). The van der Waals surface area contributed by atoms with Gasteiger partial charge in [0.05, 0.1) is 4.47 Å². The molecule has 94 valence electrons. The van der Waals surface area contributed by atoms with Gasteiger partial charge in [0, 0.05) is 18.8 Å². The molecular formula is C13H18BrFN2. The first-order chi connectivity index (χ1) is 8.20. The molecule has 1 aromatic rings. The summed E-state index contributed by atoms with van der Waals surface area (Å²) in [6.07, 6.45) is 1.19. The van der Waals surface area contributed by atoms with E-state index in [1.807, 2.05) is 6.07 Å². The van der Waals surface area contributed by atoms with Crippen molar-refractivity contribution in [1.29, 1.82) is 0 Å². The lowest BCUT2D eigenvalue weighted by Crippen LogP contribution is -2.26. The largest absolute Gasteiger partial charge is 0.371 e. The minimum atomic E-state index is -0.183. The lowest BCUT2D eigenvalue weighted by atomic mass is 10.1. The van der Waals surface area contributed by atoms with Crippen LogP contribution in [0.5, 0.6) is 0 Å². The van der Waals surface area contributed by atoms with Crippen LogP contribution in [0.25, 0.3) is 0 Å². The minimum Gasteiger partial charge on any atom is -0.371 e. The van der Waals surface area contributed by atoms with Gasteiger partial charge in [-0.25, -0.2) is 4.39 Å². The Balaban J connectivity index is 1.97. The smallest absolute Gasteiger partial charge is 0.139 e. The molecule has 1 saturated heterocycles. The van der Waals surface area contributed by atoms with E-state index in [0.717, 1.165) is 31.9 Å². The van der Waals surface area contributed by atoms with Gasteiger partial charge in [-0.3, -0.25) is 0 Å².